The van der Waals surface area contributed by atoms with E-state index in [-0.39, 0.29) is 0 Å². The maximum atomic E-state index is 12.5. The van der Waals surface area contributed by atoms with Crippen LogP contribution in [0.25, 0.3) is 22.7 Å². The number of amides is 2. The first-order valence-corrected chi connectivity index (χ1v) is 10.1. The Bertz CT molecular complexity index is 1210. The summed E-state index contributed by atoms with van der Waals surface area (Å²) in [6.07, 6.45) is 1.63. The second-order valence-corrected chi connectivity index (χ2v) is 6.97. The minimum atomic E-state index is -0.417. The van der Waals surface area contributed by atoms with Gasteiger partial charge in [0.2, 0.25) is 11.6 Å². The number of nitrogens with one attached hydrogen (secondary N) is 2. The van der Waals surface area contributed by atoms with Crippen molar-refractivity contribution in [3.63, 3.8) is 0 Å². The highest BCUT2D eigenvalue weighted by molar-refractivity contribution is 6.00. The normalized spacial score (nSPS) is 10.4. The summed E-state index contributed by atoms with van der Waals surface area (Å²) in [5.74, 6) is 1.83. The van der Waals surface area contributed by atoms with E-state index in [1.54, 1.807) is 30.5 Å². The van der Waals surface area contributed by atoms with Crippen molar-refractivity contribution in [3.8, 4) is 40.0 Å². The average molecular weight is 445 g/mol. The first kappa shape index (κ1) is 21.8. The number of oxazole rings is 1. The van der Waals surface area contributed by atoms with Gasteiger partial charge in [-0.15, -0.1) is 0 Å². The summed E-state index contributed by atoms with van der Waals surface area (Å²) in [5.41, 5.74) is 3.64. The predicted octanol–water partition coefficient (Wildman–Crippen LogP) is 5.68. The van der Waals surface area contributed by atoms with Crippen molar-refractivity contribution >= 4 is 17.4 Å². The highest BCUT2D eigenvalue weighted by Crippen LogP contribution is 2.40. The maximum Gasteiger partial charge on any atom is 0.323 e. The third kappa shape index (κ3) is 4.90. The molecule has 1 aromatic heterocycles. The van der Waals surface area contributed by atoms with Crippen molar-refractivity contribution < 1.29 is 23.4 Å². The largest absolute Gasteiger partial charge is 0.493 e. The van der Waals surface area contributed by atoms with Gasteiger partial charge in [0.25, 0.3) is 0 Å². The molecular formula is C25H23N3O5. The Morgan fingerprint density at radius 1 is 0.788 bits per heavy atom. The zero-order chi connectivity index (χ0) is 23.2. The highest BCUT2D eigenvalue weighted by Gasteiger charge is 2.15. The van der Waals surface area contributed by atoms with Gasteiger partial charge in [0.1, 0.15) is 12.0 Å². The zero-order valence-electron chi connectivity index (χ0n) is 18.4. The fourth-order valence-electron chi connectivity index (χ4n) is 3.29. The minimum Gasteiger partial charge on any atom is -0.493 e. The molecule has 3 aromatic carbocycles. The van der Waals surface area contributed by atoms with Gasteiger partial charge < -0.3 is 29.3 Å². The van der Waals surface area contributed by atoms with E-state index in [9.17, 15) is 4.79 Å². The molecule has 0 atom stereocenters. The molecule has 2 amide bonds. The number of rotatable bonds is 7. The first-order valence-electron chi connectivity index (χ1n) is 10.1. The molecule has 168 valence electrons. The topological polar surface area (TPSA) is 94.9 Å². The van der Waals surface area contributed by atoms with Gasteiger partial charge in [-0.2, -0.15) is 0 Å². The molecule has 0 radical (unpaired) electrons. The summed E-state index contributed by atoms with van der Waals surface area (Å²) in [6.45, 7) is 0. The van der Waals surface area contributed by atoms with E-state index >= 15 is 0 Å². The second-order valence-electron chi connectivity index (χ2n) is 6.97. The molecule has 0 saturated heterocycles. The number of anilines is 2. The lowest BCUT2D eigenvalue weighted by atomic mass is 10.2. The summed E-state index contributed by atoms with van der Waals surface area (Å²) >= 11 is 0. The number of nitrogens with zero attached hydrogens (tertiary/aromatic N) is 1. The molecule has 0 fully saturated rings. The summed E-state index contributed by atoms with van der Waals surface area (Å²) in [6, 6.07) is 19.9. The average Bonchev–Trinajstić information content (AvgIpc) is 3.34. The SMILES string of the molecule is COc1cc(NC(=O)Nc2ccc(-c3nc(-c4ccccc4)co3)cc2)cc(OC)c1OC. The van der Waals surface area contributed by atoms with Gasteiger partial charge in [-0.1, -0.05) is 30.3 Å². The molecule has 2 N–H and O–H groups in total. The van der Waals surface area contributed by atoms with Crippen molar-refractivity contribution in [2.45, 2.75) is 0 Å². The van der Waals surface area contributed by atoms with Crippen molar-refractivity contribution in [1.29, 1.82) is 0 Å². The smallest absolute Gasteiger partial charge is 0.323 e. The maximum absolute atomic E-state index is 12.5. The third-order valence-electron chi connectivity index (χ3n) is 4.89. The van der Waals surface area contributed by atoms with E-state index in [2.05, 4.69) is 15.6 Å². The predicted molar refractivity (Wildman–Crippen MR) is 126 cm³/mol. The van der Waals surface area contributed by atoms with Crippen LogP contribution in [0.5, 0.6) is 17.2 Å². The van der Waals surface area contributed by atoms with Gasteiger partial charge in [-0.25, -0.2) is 9.78 Å². The van der Waals surface area contributed by atoms with Crippen LogP contribution in [0.3, 0.4) is 0 Å². The van der Waals surface area contributed by atoms with Gasteiger partial charge in [0.15, 0.2) is 11.5 Å². The molecule has 0 bridgehead atoms. The number of hydrogen-bond acceptors (Lipinski definition) is 6. The standard InChI is InChI=1S/C25H23N3O5/c1-30-21-13-19(14-22(31-2)23(21)32-3)27-25(29)26-18-11-9-17(10-12-18)24-28-20(15-33-24)16-7-5-4-6-8-16/h4-15H,1-3H3,(H2,26,27,29). The molecule has 0 unspecified atom stereocenters. The first-order chi connectivity index (χ1) is 16.1. The van der Waals surface area contributed by atoms with Crippen LogP contribution in [0.2, 0.25) is 0 Å². The number of benzene rings is 3. The van der Waals surface area contributed by atoms with E-state index in [4.69, 9.17) is 18.6 Å². The molecule has 1 heterocycles. The Hall–Kier alpha value is -4.46. The zero-order valence-corrected chi connectivity index (χ0v) is 18.4. The van der Waals surface area contributed by atoms with Gasteiger partial charge >= 0.3 is 6.03 Å². The number of aromatic nitrogens is 1. The summed E-state index contributed by atoms with van der Waals surface area (Å²) in [7, 11) is 4.54. The Kier molecular flexibility index (Phi) is 6.45. The summed E-state index contributed by atoms with van der Waals surface area (Å²) in [4.78, 5) is 17.0. The van der Waals surface area contributed by atoms with E-state index in [0.717, 1.165) is 16.8 Å². The fraction of sp³-hybridized carbons (Fsp3) is 0.120. The van der Waals surface area contributed by atoms with E-state index in [1.807, 2.05) is 42.5 Å². The summed E-state index contributed by atoms with van der Waals surface area (Å²) < 4.78 is 21.5. The van der Waals surface area contributed by atoms with Gasteiger partial charge in [0, 0.05) is 28.9 Å². The van der Waals surface area contributed by atoms with Gasteiger partial charge in [0.05, 0.1) is 27.0 Å². The molecule has 0 aliphatic carbocycles. The Balaban J connectivity index is 1.43. The van der Waals surface area contributed by atoms with Crippen LogP contribution in [0, 0.1) is 0 Å². The number of ether oxygens (including phenoxy) is 3. The number of methoxy groups -OCH3 is 3. The van der Waals surface area contributed by atoms with E-state index in [0.29, 0.717) is 34.5 Å². The molecule has 4 aromatic rings. The van der Waals surface area contributed by atoms with Crippen LogP contribution in [0.1, 0.15) is 0 Å². The minimum absolute atomic E-state index is 0.417. The fourth-order valence-corrected chi connectivity index (χ4v) is 3.29. The van der Waals surface area contributed by atoms with Gasteiger partial charge in [-0.3, -0.25) is 0 Å². The molecule has 0 aliphatic rings. The Morgan fingerprint density at radius 2 is 1.42 bits per heavy atom. The highest BCUT2D eigenvalue weighted by atomic mass is 16.5. The van der Waals surface area contributed by atoms with Crippen molar-refractivity contribution in [1.82, 2.24) is 4.98 Å². The van der Waals surface area contributed by atoms with E-state index < -0.39 is 6.03 Å². The van der Waals surface area contributed by atoms with Crippen LogP contribution in [-0.2, 0) is 0 Å². The Labute approximate surface area is 191 Å². The lowest BCUT2D eigenvalue weighted by molar-refractivity contribution is 0.262. The number of urea groups is 1. The van der Waals surface area contributed by atoms with Crippen LogP contribution in [0.4, 0.5) is 16.2 Å². The number of carbonyl (C=O) groups excluding carboxylic acids is 1. The van der Waals surface area contributed by atoms with Crippen LogP contribution >= 0.6 is 0 Å². The second kappa shape index (κ2) is 9.78. The molecule has 4 rings (SSSR count). The molecule has 8 nitrogen and oxygen atoms in total. The quantitative estimate of drug-likeness (QED) is 0.380. The number of hydrogen-bond donors (Lipinski definition) is 2. The molecule has 8 heteroatoms. The molecule has 0 saturated carbocycles. The summed E-state index contributed by atoms with van der Waals surface area (Å²) in [5, 5.41) is 5.55. The van der Waals surface area contributed by atoms with Crippen LogP contribution < -0.4 is 24.8 Å². The van der Waals surface area contributed by atoms with Crippen LogP contribution in [0.15, 0.2) is 77.4 Å². The van der Waals surface area contributed by atoms with Crippen molar-refractivity contribution in [2.75, 3.05) is 32.0 Å². The van der Waals surface area contributed by atoms with Crippen molar-refractivity contribution in [3.05, 3.63) is 73.0 Å². The number of carbonyl (C=O) groups is 1. The van der Waals surface area contributed by atoms with Gasteiger partial charge in [-0.05, 0) is 24.3 Å². The molecule has 0 spiro atoms. The van der Waals surface area contributed by atoms with E-state index in [1.165, 1.54) is 21.3 Å². The molecule has 0 aliphatic heterocycles. The lowest BCUT2D eigenvalue weighted by Gasteiger charge is -2.15. The Morgan fingerprint density at radius 3 is 2.03 bits per heavy atom. The lowest BCUT2D eigenvalue weighted by Crippen LogP contribution is -2.19. The monoisotopic (exact) mass is 445 g/mol. The molecule has 33 heavy (non-hydrogen) atoms. The third-order valence-corrected chi connectivity index (χ3v) is 4.89. The van der Waals surface area contributed by atoms with Crippen molar-refractivity contribution in [2.24, 2.45) is 0 Å². The van der Waals surface area contributed by atoms with Crippen LogP contribution in [-0.4, -0.2) is 32.3 Å². The molecular weight excluding hydrogens is 422 g/mol.